The molecule has 3 N–H and O–H groups in total. The van der Waals surface area contributed by atoms with Crippen molar-refractivity contribution in [2.45, 2.75) is 54.7 Å². The van der Waals surface area contributed by atoms with Gasteiger partial charge in [-0.3, -0.25) is 4.79 Å². The zero-order valence-electron chi connectivity index (χ0n) is 16.0. The molecule has 3 rings (SSSR count). The molecule has 3 amide bonds. The number of aliphatic hydroxyl groups excluding tert-OH is 1. The summed E-state index contributed by atoms with van der Waals surface area (Å²) >= 11 is 8.50. The van der Waals surface area contributed by atoms with Crippen LogP contribution in [0.4, 0.5) is 4.79 Å². The monoisotopic (exact) mass is 519 g/mol. The molecule has 0 spiro atoms. The summed E-state index contributed by atoms with van der Waals surface area (Å²) in [7, 11) is 0. The van der Waals surface area contributed by atoms with Crippen LogP contribution in [0.2, 0.25) is 5.02 Å². The number of likely N-dealkylation sites (tertiary alicyclic amines) is 1. The molecule has 6 nitrogen and oxygen atoms in total. The molecule has 2 aliphatic rings. The molecule has 3 atom stereocenters. The third kappa shape index (κ3) is 5.10. The van der Waals surface area contributed by atoms with E-state index < -0.39 is 3.55 Å². The van der Waals surface area contributed by atoms with Crippen LogP contribution in [-0.4, -0.2) is 47.2 Å². The summed E-state index contributed by atoms with van der Waals surface area (Å²) in [5, 5.41) is 16.9. The molecular weight excluding hydrogens is 493 g/mol. The fraction of sp³-hybridized carbons (Fsp3) is 0.600. The number of hydrogen-bond acceptors (Lipinski definition) is 3. The Morgan fingerprint density at radius 2 is 1.96 bits per heavy atom. The van der Waals surface area contributed by atoms with Crippen molar-refractivity contribution in [3.63, 3.8) is 0 Å². The number of alkyl halides is 1. The average Bonchev–Trinajstić information content (AvgIpc) is 3.09. The SMILES string of the molecule is CC(=O)N1CCC(NC(=O)N[C@](I)(c2cccc(Cl)c2)C2CC[C@H](O)C2)CC1. The van der Waals surface area contributed by atoms with Crippen molar-refractivity contribution in [3.8, 4) is 0 Å². The van der Waals surface area contributed by atoms with E-state index in [0.717, 1.165) is 31.2 Å². The highest BCUT2D eigenvalue weighted by atomic mass is 127. The third-order valence-electron chi connectivity index (χ3n) is 5.78. The highest BCUT2D eigenvalue weighted by Crippen LogP contribution is 2.45. The lowest BCUT2D eigenvalue weighted by molar-refractivity contribution is -0.129. The van der Waals surface area contributed by atoms with Crippen molar-refractivity contribution < 1.29 is 14.7 Å². The lowest BCUT2D eigenvalue weighted by Gasteiger charge is -2.37. The van der Waals surface area contributed by atoms with E-state index in [2.05, 4.69) is 33.2 Å². The minimum atomic E-state index is -0.649. The molecule has 0 bridgehead atoms. The van der Waals surface area contributed by atoms with Gasteiger partial charge in [-0.15, -0.1) is 0 Å². The van der Waals surface area contributed by atoms with Gasteiger partial charge in [-0.2, -0.15) is 0 Å². The lowest BCUT2D eigenvalue weighted by Crippen LogP contribution is -2.54. The van der Waals surface area contributed by atoms with Gasteiger partial charge in [0.25, 0.3) is 0 Å². The Morgan fingerprint density at radius 3 is 2.54 bits per heavy atom. The number of carbonyl (C=O) groups excluding carboxylic acids is 2. The van der Waals surface area contributed by atoms with Crippen molar-refractivity contribution in [1.29, 1.82) is 0 Å². The molecule has 0 aromatic heterocycles. The Kier molecular flexibility index (Phi) is 7.09. The van der Waals surface area contributed by atoms with Crippen molar-refractivity contribution in [2.75, 3.05) is 13.1 Å². The maximum Gasteiger partial charge on any atom is 0.316 e. The van der Waals surface area contributed by atoms with Crippen LogP contribution in [0, 0.1) is 5.92 Å². The molecule has 8 heteroatoms. The molecule has 28 heavy (non-hydrogen) atoms. The van der Waals surface area contributed by atoms with E-state index in [1.807, 2.05) is 29.2 Å². The van der Waals surface area contributed by atoms with Crippen LogP contribution < -0.4 is 10.6 Å². The Hall–Kier alpha value is -1.06. The average molecular weight is 520 g/mol. The van der Waals surface area contributed by atoms with E-state index >= 15 is 0 Å². The summed E-state index contributed by atoms with van der Waals surface area (Å²) in [5.74, 6) is 0.196. The second-order valence-electron chi connectivity index (χ2n) is 7.76. The first-order valence-corrected chi connectivity index (χ1v) is 11.2. The standard InChI is InChI=1S/C20H27ClIN3O3/c1-13(26)25-9-7-17(8-10-25)23-19(28)24-20(22,15-5-6-18(27)12-15)14-3-2-4-16(21)11-14/h2-4,11,15,17-18,27H,5-10,12H2,1H3,(H2,23,24,28)/t15?,18-,20+/m0/s1. The van der Waals surface area contributed by atoms with Gasteiger partial charge in [-0.05, 0) is 78.3 Å². The van der Waals surface area contributed by atoms with Crippen molar-refractivity contribution in [2.24, 2.45) is 5.92 Å². The Bertz CT molecular complexity index is 726. The van der Waals surface area contributed by atoms with Crippen LogP contribution in [0.3, 0.4) is 0 Å². The summed E-state index contributed by atoms with van der Waals surface area (Å²) in [6, 6.07) is 7.36. The molecule has 2 fully saturated rings. The first-order valence-electron chi connectivity index (χ1n) is 9.75. The smallest absolute Gasteiger partial charge is 0.316 e. The maximum absolute atomic E-state index is 12.8. The Labute approximate surface area is 184 Å². The molecule has 1 aromatic carbocycles. The fourth-order valence-electron chi connectivity index (χ4n) is 4.17. The summed E-state index contributed by atoms with van der Waals surface area (Å²) in [6.07, 6.45) is 3.39. The summed E-state index contributed by atoms with van der Waals surface area (Å²) in [5.41, 5.74) is 0.932. The zero-order valence-corrected chi connectivity index (χ0v) is 18.9. The van der Waals surface area contributed by atoms with Crippen molar-refractivity contribution in [3.05, 3.63) is 34.9 Å². The number of benzene rings is 1. The van der Waals surface area contributed by atoms with Crippen LogP contribution in [0.5, 0.6) is 0 Å². The second-order valence-corrected chi connectivity index (χ2v) is 9.90. The van der Waals surface area contributed by atoms with E-state index in [9.17, 15) is 14.7 Å². The fourth-order valence-corrected chi connectivity index (χ4v) is 5.51. The largest absolute Gasteiger partial charge is 0.393 e. The van der Waals surface area contributed by atoms with Crippen LogP contribution in [-0.2, 0) is 8.34 Å². The number of piperidine rings is 1. The van der Waals surface area contributed by atoms with Gasteiger partial charge in [0, 0.05) is 31.1 Å². The van der Waals surface area contributed by atoms with Gasteiger partial charge in [0.15, 0.2) is 0 Å². The minimum absolute atomic E-state index is 0.0461. The van der Waals surface area contributed by atoms with E-state index in [1.165, 1.54) is 0 Å². The van der Waals surface area contributed by atoms with Crippen LogP contribution in [0.25, 0.3) is 0 Å². The molecule has 1 aliphatic carbocycles. The first kappa shape index (κ1) is 21.6. The van der Waals surface area contributed by atoms with Gasteiger partial charge >= 0.3 is 6.03 Å². The number of amides is 3. The first-order chi connectivity index (χ1) is 13.3. The molecule has 1 aliphatic heterocycles. The number of nitrogens with zero attached hydrogens (tertiary/aromatic N) is 1. The van der Waals surface area contributed by atoms with Crippen LogP contribution in [0.15, 0.2) is 24.3 Å². The van der Waals surface area contributed by atoms with E-state index in [4.69, 9.17) is 11.6 Å². The highest BCUT2D eigenvalue weighted by molar-refractivity contribution is 14.1. The van der Waals surface area contributed by atoms with Gasteiger partial charge in [-0.1, -0.05) is 23.7 Å². The van der Waals surface area contributed by atoms with Gasteiger partial charge < -0.3 is 20.6 Å². The second kappa shape index (κ2) is 9.17. The van der Waals surface area contributed by atoms with E-state index in [1.54, 1.807) is 6.92 Å². The molecular formula is C20H27ClIN3O3. The summed E-state index contributed by atoms with van der Waals surface area (Å²) in [4.78, 5) is 26.1. The van der Waals surface area contributed by atoms with Gasteiger partial charge in [0.2, 0.25) is 5.91 Å². The predicted molar refractivity (Wildman–Crippen MR) is 117 cm³/mol. The number of urea groups is 1. The number of aliphatic hydroxyl groups is 1. The van der Waals surface area contributed by atoms with E-state index in [0.29, 0.717) is 24.5 Å². The highest BCUT2D eigenvalue weighted by Gasteiger charge is 2.43. The summed E-state index contributed by atoms with van der Waals surface area (Å²) < 4.78 is -0.649. The van der Waals surface area contributed by atoms with Crippen molar-refractivity contribution in [1.82, 2.24) is 15.5 Å². The van der Waals surface area contributed by atoms with Crippen LogP contribution in [0.1, 0.15) is 44.6 Å². The number of halogens is 2. The number of carbonyl (C=O) groups is 2. The summed E-state index contributed by atoms with van der Waals surface area (Å²) in [6.45, 7) is 2.91. The number of hydrogen-bond donors (Lipinski definition) is 3. The Morgan fingerprint density at radius 1 is 1.25 bits per heavy atom. The molecule has 1 aromatic rings. The zero-order chi connectivity index (χ0) is 20.3. The van der Waals surface area contributed by atoms with Gasteiger partial charge in [0.05, 0.1) is 6.10 Å². The predicted octanol–water partition coefficient (Wildman–Crippen LogP) is 3.40. The quantitative estimate of drug-likeness (QED) is 0.324. The van der Waals surface area contributed by atoms with Crippen LogP contribution >= 0.6 is 34.2 Å². The van der Waals surface area contributed by atoms with Gasteiger partial charge in [0.1, 0.15) is 3.55 Å². The third-order valence-corrected chi connectivity index (χ3v) is 7.79. The van der Waals surface area contributed by atoms with Gasteiger partial charge in [-0.25, -0.2) is 4.79 Å². The van der Waals surface area contributed by atoms with Crippen molar-refractivity contribution >= 4 is 46.1 Å². The Balaban J connectivity index is 1.69. The number of nitrogens with one attached hydrogen (secondary N) is 2. The molecule has 0 radical (unpaired) electrons. The minimum Gasteiger partial charge on any atom is -0.393 e. The molecule has 1 saturated carbocycles. The maximum atomic E-state index is 12.8. The van der Waals surface area contributed by atoms with E-state index in [-0.39, 0.29) is 30.0 Å². The normalized spacial score (nSPS) is 25.2. The molecule has 154 valence electrons. The molecule has 1 heterocycles. The number of rotatable bonds is 4. The molecule has 1 saturated heterocycles. The topological polar surface area (TPSA) is 81.7 Å². The molecule has 1 unspecified atom stereocenters. The lowest BCUT2D eigenvalue weighted by atomic mass is 9.91.